The molecular weight excluding hydrogens is 199 g/mol. The molecule has 8 heteroatoms. The Kier molecular flexibility index (Phi) is 25.1. The molecule has 0 aliphatic heterocycles. The molecule has 62 valence electrons. The van der Waals surface area contributed by atoms with Crippen molar-refractivity contribution in [3.05, 3.63) is 0 Å². The van der Waals surface area contributed by atoms with Gasteiger partial charge in [-0.25, -0.2) is 4.79 Å². The maximum atomic E-state index is 9.74. The van der Waals surface area contributed by atoms with Crippen molar-refractivity contribution in [2.45, 2.75) is 0 Å². The molecule has 0 aliphatic carbocycles. The Hall–Kier alpha value is -0.284. The van der Waals surface area contributed by atoms with Gasteiger partial charge in [0.15, 0.2) is 0 Å². The largest absolute Gasteiger partial charge is 1.00 e. The first kappa shape index (κ1) is 17.7. The molecule has 7 nitrogen and oxygen atoms in total. The summed E-state index contributed by atoms with van der Waals surface area (Å²) in [5.41, 5.74) is 0. The molecule has 0 aliphatic rings. The fraction of sp³-hybridized carbons (Fsp3) is 0. The molecule has 0 aromatic carbocycles. The third-order valence-corrected chi connectivity index (χ3v) is 0.289. The molecule has 0 heterocycles. The number of carbonyl (C=O) groups is 4. The van der Waals surface area contributed by atoms with Gasteiger partial charge in [0.1, 0.15) is 0 Å². The molecule has 0 rings (SSSR count). The van der Waals surface area contributed by atoms with Crippen molar-refractivity contribution < 1.29 is 85.1 Å². The van der Waals surface area contributed by atoms with Gasteiger partial charge in [-0.3, -0.25) is 9.59 Å². The summed E-state index contributed by atoms with van der Waals surface area (Å²) in [7, 11) is 0. The Labute approximate surface area is 109 Å². The van der Waals surface area contributed by atoms with Gasteiger partial charge < -0.3 is 19.4 Å². The van der Waals surface area contributed by atoms with Crippen molar-refractivity contribution in [2.24, 2.45) is 0 Å². The number of carboxylic acid groups (broad SMARTS) is 1. The summed E-state index contributed by atoms with van der Waals surface area (Å²) in [4.78, 5) is 36.5. The summed E-state index contributed by atoms with van der Waals surface area (Å²) in [6.07, 6.45) is -1.32. The number of hydrogen-bond donors (Lipinski definition) is 0. The predicted molar refractivity (Wildman–Crippen MR) is 25.8 cm³/mol. The average molecular weight is 202 g/mol. The van der Waals surface area contributed by atoms with E-state index in [-0.39, 0.29) is 64.3 Å². The van der Waals surface area contributed by atoms with Crippen LogP contribution >= 0.6 is 0 Å². The standard InChI is InChI=1S/C3H2O5.CH2O2.K/c4-1-7-3(6)8-2-5;2-1-3;/h1-2H;1H,(H,2,3);/q;;+1/p-1. The average Bonchev–Trinajstić information content (AvgIpc) is 1.90. The molecule has 0 saturated carbocycles. The van der Waals surface area contributed by atoms with E-state index in [2.05, 4.69) is 9.47 Å². The summed E-state index contributed by atoms with van der Waals surface area (Å²) in [6.45, 7) is -0.766. The Bertz CT molecular complexity index is 132. The monoisotopic (exact) mass is 202 g/mol. The molecule has 0 N–H and O–H groups in total. The second kappa shape index (κ2) is 17.0. The van der Waals surface area contributed by atoms with E-state index in [4.69, 9.17) is 9.90 Å². The molecule has 12 heavy (non-hydrogen) atoms. The van der Waals surface area contributed by atoms with Gasteiger partial charge in [0.2, 0.25) is 0 Å². The maximum Gasteiger partial charge on any atom is 1.00 e. The maximum absolute atomic E-state index is 9.74. The minimum Gasteiger partial charge on any atom is -0.554 e. The van der Waals surface area contributed by atoms with Crippen LogP contribution in [0.25, 0.3) is 0 Å². The molecule has 0 spiro atoms. The first-order chi connectivity index (χ1) is 5.22. The third-order valence-electron chi connectivity index (χ3n) is 0.289. The summed E-state index contributed by atoms with van der Waals surface area (Å²) in [6, 6.07) is 0. The second-order valence-electron chi connectivity index (χ2n) is 0.774. The van der Waals surface area contributed by atoms with Crippen molar-refractivity contribution in [1.82, 2.24) is 0 Å². The van der Waals surface area contributed by atoms with Crippen molar-refractivity contribution >= 4 is 25.6 Å². The van der Waals surface area contributed by atoms with Crippen LogP contribution in [-0.2, 0) is 23.9 Å². The minimum atomic E-state index is -1.32. The minimum absolute atomic E-state index is 0. The third kappa shape index (κ3) is 22.6. The van der Waals surface area contributed by atoms with Crippen LogP contribution in [0.2, 0.25) is 0 Å². The van der Waals surface area contributed by atoms with Gasteiger partial charge >= 0.3 is 70.5 Å². The first-order valence-electron chi connectivity index (χ1n) is 2.03. The SMILES string of the molecule is O=COC(=O)OC=O.O=C[O-].[K+]. The van der Waals surface area contributed by atoms with Gasteiger partial charge in [0, 0.05) is 6.47 Å². The van der Waals surface area contributed by atoms with Crippen LogP contribution in [0.1, 0.15) is 0 Å². The fourth-order valence-electron chi connectivity index (χ4n) is 0.106. The number of hydrogen-bond acceptors (Lipinski definition) is 7. The van der Waals surface area contributed by atoms with E-state index in [1.807, 2.05) is 0 Å². The molecule has 0 unspecified atom stereocenters. The Morgan fingerprint density at radius 3 is 1.50 bits per heavy atom. The first-order valence-corrected chi connectivity index (χ1v) is 2.03. The van der Waals surface area contributed by atoms with Crippen molar-refractivity contribution in [3.63, 3.8) is 0 Å². The Morgan fingerprint density at radius 1 is 1.08 bits per heavy atom. The van der Waals surface area contributed by atoms with E-state index in [0.717, 1.165) is 0 Å². The van der Waals surface area contributed by atoms with E-state index in [9.17, 15) is 14.4 Å². The molecule has 0 radical (unpaired) electrons. The van der Waals surface area contributed by atoms with Gasteiger partial charge in [-0.2, -0.15) is 0 Å². The van der Waals surface area contributed by atoms with Crippen molar-refractivity contribution in [1.29, 1.82) is 0 Å². The zero-order valence-electron chi connectivity index (χ0n) is 6.09. The smallest absolute Gasteiger partial charge is 0.554 e. The van der Waals surface area contributed by atoms with Crippen LogP contribution in [-0.4, -0.2) is 25.6 Å². The van der Waals surface area contributed by atoms with E-state index in [1.54, 1.807) is 0 Å². The predicted octanol–water partition coefficient (Wildman–Crippen LogP) is -5.18. The number of carbonyl (C=O) groups excluding carboxylic acids is 4. The van der Waals surface area contributed by atoms with Crippen molar-refractivity contribution in [3.8, 4) is 0 Å². The number of rotatable bonds is 2. The summed E-state index contributed by atoms with van der Waals surface area (Å²) >= 11 is 0. The topological polar surface area (TPSA) is 110 Å². The molecule has 0 atom stereocenters. The van der Waals surface area contributed by atoms with Gasteiger partial charge in [0.25, 0.3) is 0 Å². The molecule has 0 saturated heterocycles. The van der Waals surface area contributed by atoms with Crippen LogP contribution in [0.3, 0.4) is 0 Å². The molecule has 0 fully saturated rings. The zero-order chi connectivity index (χ0) is 9.11. The quantitative estimate of drug-likeness (QED) is 0.190. The zero-order valence-corrected chi connectivity index (χ0v) is 9.21. The summed E-state index contributed by atoms with van der Waals surface area (Å²) < 4.78 is 7.02. The van der Waals surface area contributed by atoms with Crippen LogP contribution in [0.5, 0.6) is 0 Å². The van der Waals surface area contributed by atoms with Crippen LogP contribution < -0.4 is 56.5 Å². The van der Waals surface area contributed by atoms with Gasteiger partial charge in [0.05, 0.1) is 0 Å². The normalized spacial score (nSPS) is 5.67. The molecule has 0 aromatic heterocycles. The van der Waals surface area contributed by atoms with Crippen molar-refractivity contribution in [2.75, 3.05) is 0 Å². The molecule has 0 aromatic rings. The molecule has 0 bridgehead atoms. The van der Waals surface area contributed by atoms with Crippen LogP contribution in [0.4, 0.5) is 4.79 Å². The van der Waals surface area contributed by atoms with E-state index in [1.165, 1.54) is 0 Å². The van der Waals surface area contributed by atoms with Gasteiger partial charge in [-0.1, -0.05) is 0 Å². The fourth-order valence-corrected chi connectivity index (χ4v) is 0.106. The van der Waals surface area contributed by atoms with E-state index >= 15 is 0 Å². The van der Waals surface area contributed by atoms with Gasteiger partial charge in [-0.15, -0.1) is 0 Å². The van der Waals surface area contributed by atoms with Gasteiger partial charge in [-0.05, 0) is 0 Å². The van der Waals surface area contributed by atoms with E-state index in [0.29, 0.717) is 0 Å². The van der Waals surface area contributed by atoms with Crippen LogP contribution in [0, 0.1) is 0 Å². The van der Waals surface area contributed by atoms with Crippen LogP contribution in [0.15, 0.2) is 0 Å². The Balaban J connectivity index is -0.000000177. The summed E-state index contributed by atoms with van der Waals surface area (Å²) in [5.74, 6) is 0. The molecule has 0 amide bonds. The Morgan fingerprint density at radius 2 is 1.33 bits per heavy atom. The second-order valence-corrected chi connectivity index (χ2v) is 0.774. The van der Waals surface area contributed by atoms with E-state index < -0.39 is 12.6 Å². The summed E-state index contributed by atoms with van der Waals surface area (Å²) in [5, 5.41) is 8.25. The number of ether oxygens (including phenoxy) is 2. The molecular formula is C4H3KO7.